The summed E-state index contributed by atoms with van der Waals surface area (Å²) in [6, 6.07) is -0.215. The van der Waals surface area contributed by atoms with Gasteiger partial charge in [0.1, 0.15) is 18.3 Å². The molecule has 0 unspecified atom stereocenters. The quantitative estimate of drug-likeness (QED) is 0.321. The van der Waals surface area contributed by atoms with E-state index in [4.69, 9.17) is 28.9 Å². The Morgan fingerprint density at radius 3 is 2.57 bits per heavy atom. The lowest BCUT2D eigenvalue weighted by atomic mass is 10.0. The molecule has 0 aromatic carbocycles. The first-order valence-corrected chi connectivity index (χ1v) is 12.9. The highest BCUT2D eigenvalue weighted by Crippen LogP contribution is 2.41. The van der Waals surface area contributed by atoms with Crippen LogP contribution in [0.25, 0.3) is 10.4 Å². The minimum absolute atomic E-state index is 0.105. The number of ether oxygens (including phenoxy) is 4. The Balaban J connectivity index is 1.76. The molecule has 160 valence electrons. The average Bonchev–Trinajstić information content (AvgIpc) is 2.97. The van der Waals surface area contributed by atoms with Crippen LogP contribution in [0.1, 0.15) is 34.6 Å². The van der Waals surface area contributed by atoms with Gasteiger partial charge in [-0.15, -0.1) is 0 Å². The van der Waals surface area contributed by atoms with Crippen molar-refractivity contribution in [2.24, 2.45) is 5.11 Å². The van der Waals surface area contributed by atoms with Gasteiger partial charge in [-0.1, -0.05) is 25.9 Å². The van der Waals surface area contributed by atoms with Gasteiger partial charge in [-0.2, -0.15) is 0 Å². The topological polar surface area (TPSA) is 107 Å². The first-order chi connectivity index (χ1) is 12.9. The van der Waals surface area contributed by atoms with Crippen LogP contribution < -0.4 is 5.32 Å². The Bertz CT molecular complexity index is 620. The molecule has 0 radical (unpaired) electrons. The first-order valence-electron chi connectivity index (χ1n) is 9.97. The predicted molar refractivity (Wildman–Crippen MR) is 106 cm³/mol. The molecular formula is C18H34N4O5Si. The van der Waals surface area contributed by atoms with Gasteiger partial charge >= 0.3 is 0 Å². The van der Waals surface area contributed by atoms with Gasteiger partial charge in [-0.05, 0) is 37.5 Å². The van der Waals surface area contributed by atoms with E-state index in [1.165, 1.54) is 0 Å². The predicted octanol–water partition coefficient (Wildman–Crippen LogP) is 2.92. The maximum absolute atomic E-state index is 8.68. The average molecular weight is 415 g/mol. The van der Waals surface area contributed by atoms with Gasteiger partial charge in [0, 0.05) is 17.5 Å². The lowest BCUT2D eigenvalue weighted by Crippen LogP contribution is -2.53. The van der Waals surface area contributed by atoms with Crippen molar-refractivity contribution >= 4 is 8.32 Å². The maximum Gasteiger partial charge on any atom is 0.192 e. The summed E-state index contributed by atoms with van der Waals surface area (Å²) < 4.78 is 30.8. The second kappa shape index (κ2) is 7.85. The Kier molecular flexibility index (Phi) is 6.16. The van der Waals surface area contributed by atoms with Crippen LogP contribution in [-0.4, -0.2) is 70.5 Å². The molecule has 0 amide bonds. The third kappa shape index (κ3) is 4.54. The van der Waals surface area contributed by atoms with Crippen molar-refractivity contribution in [2.75, 3.05) is 19.8 Å². The standard InChI is InChI=1S/C18H34N4O5Si/c1-17(2,3)28(6,7)24-10-12-13-14(23-9-11(21-12)8-20-22-19)15-16(25-13)27-18(4,5)26-15/h11-16,21H,8-10H2,1-7H3/t11-,12-,13+,14+,15+,16+/m0/s1. The van der Waals surface area contributed by atoms with Crippen molar-refractivity contribution in [1.29, 1.82) is 0 Å². The fraction of sp³-hybridized carbons (Fsp3) is 1.00. The Hall–Kier alpha value is -0.713. The summed E-state index contributed by atoms with van der Waals surface area (Å²) in [6.45, 7) is 16.1. The Labute approximate surface area is 168 Å². The van der Waals surface area contributed by atoms with Gasteiger partial charge in [0.2, 0.25) is 0 Å². The fourth-order valence-electron chi connectivity index (χ4n) is 3.59. The highest BCUT2D eigenvalue weighted by Gasteiger charge is 2.58. The van der Waals surface area contributed by atoms with Gasteiger partial charge in [0.05, 0.1) is 19.3 Å². The van der Waals surface area contributed by atoms with Crippen molar-refractivity contribution in [1.82, 2.24) is 5.32 Å². The molecule has 6 atom stereocenters. The van der Waals surface area contributed by atoms with E-state index in [-0.39, 0.29) is 35.4 Å². The molecule has 0 bridgehead atoms. The third-order valence-electron chi connectivity index (χ3n) is 6.16. The molecular weight excluding hydrogens is 380 g/mol. The summed E-state index contributed by atoms with van der Waals surface area (Å²) in [4.78, 5) is 2.88. The molecule has 0 aromatic heterocycles. The number of azide groups is 1. The van der Waals surface area contributed by atoms with E-state index in [0.29, 0.717) is 19.8 Å². The molecule has 10 heteroatoms. The molecule has 9 nitrogen and oxygen atoms in total. The van der Waals surface area contributed by atoms with Crippen LogP contribution in [0.4, 0.5) is 0 Å². The van der Waals surface area contributed by atoms with E-state index in [2.05, 4.69) is 49.2 Å². The number of hydrogen-bond donors (Lipinski definition) is 1. The number of rotatable bonds is 5. The monoisotopic (exact) mass is 414 g/mol. The second-order valence-corrected chi connectivity index (χ2v) is 14.6. The third-order valence-corrected chi connectivity index (χ3v) is 10.7. The van der Waals surface area contributed by atoms with Crippen LogP contribution in [0, 0.1) is 0 Å². The molecule has 0 aliphatic carbocycles. The first kappa shape index (κ1) is 22.0. The summed E-state index contributed by atoms with van der Waals surface area (Å²) in [7, 11) is -1.93. The number of nitrogens with zero attached hydrogens (tertiary/aromatic N) is 3. The lowest BCUT2D eigenvalue weighted by Gasteiger charge is -2.38. The van der Waals surface area contributed by atoms with Crippen molar-refractivity contribution in [3.63, 3.8) is 0 Å². The summed E-state index contributed by atoms with van der Waals surface area (Å²) in [5, 5.41) is 7.35. The molecule has 3 rings (SSSR count). The molecule has 0 saturated carbocycles. The fourth-order valence-corrected chi connectivity index (χ4v) is 4.62. The highest BCUT2D eigenvalue weighted by atomic mass is 28.4. The van der Waals surface area contributed by atoms with Gasteiger partial charge < -0.3 is 28.7 Å². The van der Waals surface area contributed by atoms with Crippen LogP contribution in [0.15, 0.2) is 5.11 Å². The second-order valence-electron chi connectivity index (χ2n) is 9.82. The lowest BCUT2D eigenvalue weighted by molar-refractivity contribution is -0.219. The van der Waals surface area contributed by atoms with Gasteiger partial charge in [0.15, 0.2) is 20.4 Å². The zero-order chi connectivity index (χ0) is 20.7. The zero-order valence-electron chi connectivity index (χ0n) is 18.0. The van der Waals surface area contributed by atoms with Gasteiger partial charge in [-0.25, -0.2) is 0 Å². The summed E-state index contributed by atoms with van der Waals surface area (Å²) >= 11 is 0. The molecule has 3 aliphatic rings. The zero-order valence-corrected chi connectivity index (χ0v) is 19.0. The molecule has 0 spiro atoms. The molecule has 0 aromatic rings. The van der Waals surface area contributed by atoms with Crippen LogP contribution in [-0.2, 0) is 23.4 Å². The van der Waals surface area contributed by atoms with E-state index in [1.807, 2.05) is 13.8 Å². The van der Waals surface area contributed by atoms with E-state index in [9.17, 15) is 0 Å². The van der Waals surface area contributed by atoms with E-state index < -0.39 is 20.4 Å². The molecule has 3 heterocycles. The van der Waals surface area contributed by atoms with Crippen LogP contribution >= 0.6 is 0 Å². The Morgan fingerprint density at radius 2 is 1.93 bits per heavy atom. The van der Waals surface area contributed by atoms with E-state index in [1.54, 1.807) is 0 Å². The van der Waals surface area contributed by atoms with Gasteiger partial charge in [-0.3, -0.25) is 0 Å². The highest BCUT2D eigenvalue weighted by molar-refractivity contribution is 6.74. The van der Waals surface area contributed by atoms with Crippen LogP contribution in [0.3, 0.4) is 0 Å². The summed E-state index contributed by atoms with van der Waals surface area (Å²) in [5.74, 6) is -0.693. The van der Waals surface area contributed by atoms with Gasteiger partial charge in [0.25, 0.3) is 0 Å². The Morgan fingerprint density at radius 1 is 1.21 bits per heavy atom. The minimum Gasteiger partial charge on any atom is -0.415 e. The summed E-state index contributed by atoms with van der Waals surface area (Å²) in [5.41, 5.74) is 8.68. The molecule has 3 saturated heterocycles. The number of fused-ring (bicyclic) bond motifs is 3. The van der Waals surface area contributed by atoms with Crippen molar-refractivity contribution in [3.8, 4) is 0 Å². The van der Waals surface area contributed by atoms with Crippen molar-refractivity contribution < 1.29 is 23.4 Å². The number of nitrogens with one attached hydrogen (secondary N) is 1. The SMILES string of the molecule is CC1(C)O[C@H]2O[C@H]3[C@@H](OC[C@H](CN=[N+]=[N-])N[C@H]3CO[Si](C)(C)C(C)(C)C)[C@H]2O1. The van der Waals surface area contributed by atoms with Crippen LogP contribution in [0.2, 0.25) is 18.1 Å². The minimum atomic E-state index is -1.93. The van der Waals surface area contributed by atoms with E-state index >= 15 is 0 Å². The molecule has 3 fully saturated rings. The number of hydrogen-bond acceptors (Lipinski definition) is 7. The van der Waals surface area contributed by atoms with Crippen molar-refractivity contribution in [3.05, 3.63) is 10.4 Å². The smallest absolute Gasteiger partial charge is 0.192 e. The normalized spacial score (nSPS) is 37.7. The molecule has 28 heavy (non-hydrogen) atoms. The van der Waals surface area contributed by atoms with E-state index in [0.717, 1.165) is 0 Å². The van der Waals surface area contributed by atoms with Crippen molar-refractivity contribution in [2.45, 2.75) is 95.2 Å². The molecule has 1 N–H and O–H groups in total. The largest absolute Gasteiger partial charge is 0.415 e. The molecule has 3 aliphatic heterocycles. The van der Waals surface area contributed by atoms with Crippen LogP contribution in [0.5, 0.6) is 0 Å². The maximum atomic E-state index is 8.68. The summed E-state index contributed by atoms with van der Waals surface area (Å²) in [6.07, 6.45) is -1.25.